The molecule has 78 valence electrons. The predicted octanol–water partition coefficient (Wildman–Crippen LogP) is 1.95. The molecule has 2 nitrogen and oxygen atoms in total. The molecule has 0 heterocycles. The van der Waals surface area contributed by atoms with E-state index in [1.807, 2.05) is 0 Å². The third-order valence-corrected chi connectivity index (χ3v) is 1.86. The smallest absolute Gasteiger partial charge is 0.123 e. The van der Waals surface area contributed by atoms with Crippen LogP contribution >= 0.6 is 0 Å². The molecule has 0 atom stereocenters. The summed E-state index contributed by atoms with van der Waals surface area (Å²) in [6.45, 7) is 5.11. The highest BCUT2D eigenvalue weighted by Gasteiger charge is 1.93. The van der Waals surface area contributed by atoms with Crippen molar-refractivity contribution < 1.29 is 9.13 Å². The van der Waals surface area contributed by atoms with Crippen LogP contribution in [0.5, 0.6) is 0 Å². The largest absolute Gasteiger partial charge is 0.375 e. The summed E-state index contributed by atoms with van der Waals surface area (Å²) >= 11 is 0. The standard InChI is InChI=1S/C11H16FNO/c1-2-13-7-8-14-9-10-3-5-11(12)6-4-10/h3-6,13H,2,7-9H2,1H3. The second-order valence-corrected chi connectivity index (χ2v) is 3.03. The van der Waals surface area contributed by atoms with Gasteiger partial charge in [0.1, 0.15) is 5.82 Å². The normalized spacial score (nSPS) is 10.4. The predicted molar refractivity (Wildman–Crippen MR) is 54.6 cm³/mol. The van der Waals surface area contributed by atoms with Crippen molar-refractivity contribution in [1.29, 1.82) is 0 Å². The number of halogens is 1. The fourth-order valence-electron chi connectivity index (χ4n) is 1.09. The van der Waals surface area contributed by atoms with Gasteiger partial charge in [0.05, 0.1) is 13.2 Å². The fourth-order valence-corrected chi connectivity index (χ4v) is 1.09. The summed E-state index contributed by atoms with van der Waals surface area (Å²) in [5, 5.41) is 3.16. The molecule has 0 fully saturated rings. The van der Waals surface area contributed by atoms with Gasteiger partial charge in [-0.05, 0) is 24.2 Å². The summed E-state index contributed by atoms with van der Waals surface area (Å²) in [4.78, 5) is 0. The lowest BCUT2D eigenvalue weighted by molar-refractivity contribution is 0.123. The van der Waals surface area contributed by atoms with Gasteiger partial charge in [0.2, 0.25) is 0 Å². The van der Waals surface area contributed by atoms with Crippen molar-refractivity contribution in [1.82, 2.24) is 5.32 Å². The van der Waals surface area contributed by atoms with Crippen LogP contribution in [0.3, 0.4) is 0 Å². The number of hydrogen-bond donors (Lipinski definition) is 1. The van der Waals surface area contributed by atoms with E-state index < -0.39 is 0 Å². The molecule has 0 aromatic heterocycles. The van der Waals surface area contributed by atoms with Crippen molar-refractivity contribution in [2.75, 3.05) is 19.7 Å². The number of ether oxygens (including phenoxy) is 1. The van der Waals surface area contributed by atoms with Gasteiger partial charge >= 0.3 is 0 Å². The van der Waals surface area contributed by atoms with Gasteiger partial charge in [0, 0.05) is 6.54 Å². The van der Waals surface area contributed by atoms with Gasteiger partial charge in [-0.25, -0.2) is 4.39 Å². The molecule has 0 aliphatic heterocycles. The Morgan fingerprint density at radius 3 is 2.64 bits per heavy atom. The van der Waals surface area contributed by atoms with E-state index in [0.29, 0.717) is 13.2 Å². The maximum Gasteiger partial charge on any atom is 0.123 e. The molecule has 14 heavy (non-hydrogen) atoms. The molecule has 0 bridgehead atoms. The van der Waals surface area contributed by atoms with Crippen molar-refractivity contribution >= 4 is 0 Å². The van der Waals surface area contributed by atoms with Crippen LogP contribution in [-0.2, 0) is 11.3 Å². The van der Waals surface area contributed by atoms with E-state index in [4.69, 9.17) is 4.74 Å². The van der Waals surface area contributed by atoms with Gasteiger partial charge in [0.15, 0.2) is 0 Å². The van der Waals surface area contributed by atoms with Crippen LogP contribution in [0.25, 0.3) is 0 Å². The van der Waals surface area contributed by atoms with Crippen LogP contribution in [0.4, 0.5) is 4.39 Å². The van der Waals surface area contributed by atoms with Crippen molar-refractivity contribution in [3.05, 3.63) is 35.6 Å². The molecular formula is C11H16FNO. The molecule has 0 amide bonds. The quantitative estimate of drug-likeness (QED) is 0.704. The highest BCUT2D eigenvalue weighted by molar-refractivity contribution is 5.14. The third kappa shape index (κ3) is 4.35. The van der Waals surface area contributed by atoms with E-state index in [1.54, 1.807) is 12.1 Å². The Hall–Kier alpha value is -0.930. The molecule has 0 aliphatic carbocycles. The summed E-state index contributed by atoms with van der Waals surface area (Å²) in [7, 11) is 0. The Labute approximate surface area is 84.1 Å². The molecule has 0 saturated heterocycles. The van der Waals surface area contributed by atoms with E-state index in [1.165, 1.54) is 12.1 Å². The number of likely N-dealkylation sites (N-methyl/N-ethyl adjacent to an activating group) is 1. The molecule has 1 rings (SSSR count). The molecule has 0 radical (unpaired) electrons. The lowest BCUT2D eigenvalue weighted by Crippen LogP contribution is -2.18. The van der Waals surface area contributed by atoms with Crippen molar-refractivity contribution in [2.45, 2.75) is 13.5 Å². The Balaban J connectivity index is 2.15. The van der Waals surface area contributed by atoms with Gasteiger partial charge in [-0.15, -0.1) is 0 Å². The van der Waals surface area contributed by atoms with Crippen molar-refractivity contribution in [2.24, 2.45) is 0 Å². The molecule has 0 aliphatic rings. The van der Waals surface area contributed by atoms with E-state index in [2.05, 4.69) is 12.2 Å². The molecule has 0 spiro atoms. The van der Waals surface area contributed by atoms with Gasteiger partial charge in [-0.2, -0.15) is 0 Å². The Morgan fingerprint density at radius 2 is 2.00 bits per heavy atom. The molecule has 1 aromatic rings. The van der Waals surface area contributed by atoms with E-state index >= 15 is 0 Å². The third-order valence-electron chi connectivity index (χ3n) is 1.86. The minimum absolute atomic E-state index is 0.207. The van der Waals surface area contributed by atoms with E-state index in [0.717, 1.165) is 18.7 Å². The monoisotopic (exact) mass is 197 g/mol. The molecule has 1 aromatic carbocycles. The van der Waals surface area contributed by atoms with Gasteiger partial charge in [-0.3, -0.25) is 0 Å². The first-order chi connectivity index (χ1) is 6.83. The van der Waals surface area contributed by atoms with E-state index in [9.17, 15) is 4.39 Å². The number of rotatable bonds is 6. The van der Waals surface area contributed by atoms with Crippen molar-refractivity contribution in [3.63, 3.8) is 0 Å². The van der Waals surface area contributed by atoms with Crippen LogP contribution < -0.4 is 5.32 Å². The molecule has 0 unspecified atom stereocenters. The maximum absolute atomic E-state index is 12.5. The van der Waals surface area contributed by atoms with Gasteiger partial charge in [-0.1, -0.05) is 19.1 Å². The highest BCUT2D eigenvalue weighted by Crippen LogP contribution is 2.03. The topological polar surface area (TPSA) is 21.3 Å². The molecule has 0 saturated carbocycles. The second kappa shape index (κ2) is 6.51. The lowest BCUT2D eigenvalue weighted by Gasteiger charge is -2.04. The summed E-state index contributed by atoms with van der Waals surface area (Å²) < 4.78 is 17.9. The first kappa shape index (κ1) is 11.1. The molecular weight excluding hydrogens is 181 g/mol. The Kier molecular flexibility index (Phi) is 5.19. The number of nitrogens with one attached hydrogen (secondary N) is 1. The first-order valence-electron chi connectivity index (χ1n) is 4.86. The number of benzene rings is 1. The van der Waals surface area contributed by atoms with Crippen LogP contribution in [0, 0.1) is 5.82 Å². The van der Waals surface area contributed by atoms with Crippen LogP contribution in [-0.4, -0.2) is 19.7 Å². The average molecular weight is 197 g/mol. The van der Waals surface area contributed by atoms with Gasteiger partial charge < -0.3 is 10.1 Å². The highest BCUT2D eigenvalue weighted by atomic mass is 19.1. The minimum Gasteiger partial charge on any atom is -0.375 e. The summed E-state index contributed by atoms with van der Waals surface area (Å²) in [6, 6.07) is 6.37. The Bertz CT molecular complexity index is 248. The first-order valence-corrected chi connectivity index (χ1v) is 4.86. The lowest BCUT2D eigenvalue weighted by atomic mass is 10.2. The van der Waals surface area contributed by atoms with Crippen molar-refractivity contribution in [3.8, 4) is 0 Å². The van der Waals surface area contributed by atoms with E-state index in [-0.39, 0.29) is 5.82 Å². The van der Waals surface area contributed by atoms with Crippen LogP contribution in [0.2, 0.25) is 0 Å². The molecule has 3 heteroatoms. The second-order valence-electron chi connectivity index (χ2n) is 3.03. The summed E-state index contributed by atoms with van der Waals surface area (Å²) in [5.74, 6) is -0.207. The SMILES string of the molecule is CCNCCOCc1ccc(F)cc1. The van der Waals surface area contributed by atoms with Gasteiger partial charge in [0.25, 0.3) is 0 Å². The zero-order valence-corrected chi connectivity index (χ0v) is 8.42. The molecule has 1 N–H and O–H groups in total. The number of hydrogen-bond acceptors (Lipinski definition) is 2. The zero-order valence-electron chi connectivity index (χ0n) is 8.42. The fraction of sp³-hybridized carbons (Fsp3) is 0.455. The maximum atomic E-state index is 12.5. The summed E-state index contributed by atoms with van der Waals surface area (Å²) in [6.07, 6.45) is 0. The minimum atomic E-state index is -0.207. The average Bonchev–Trinajstić information content (AvgIpc) is 2.21. The summed E-state index contributed by atoms with van der Waals surface area (Å²) in [5.41, 5.74) is 1.00. The van der Waals surface area contributed by atoms with Crippen LogP contribution in [0.1, 0.15) is 12.5 Å². The zero-order chi connectivity index (χ0) is 10.2. The van der Waals surface area contributed by atoms with Crippen LogP contribution in [0.15, 0.2) is 24.3 Å². The Morgan fingerprint density at radius 1 is 1.29 bits per heavy atom.